The van der Waals surface area contributed by atoms with Crippen molar-refractivity contribution in [2.45, 2.75) is 6.92 Å². The maximum atomic E-state index is 11.7. The number of nitrogens with zero attached hydrogens (tertiary/aromatic N) is 1. The van der Waals surface area contributed by atoms with Gasteiger partial charge in [0.2, 0.25) is 0 Å². The van der Waals surface area contributed by atoms with Crippen LogP contribution in [0.4, 0.5) is 0 Å². The van der Waals surface area contributed by atoms with E-state index in [-0.39, 0.29) is 24.2 Å². The molecule has 6 heteroatoms. The quantitative estimate of drug-likeness (QED) is 0.329. The van der Waals surface area contributed by atoms with Crippen molar-refractivity contribution in [3.05, 3.63) is 34.9 Å². The van der Waals surface area contributed by atoms with Crippen LogP contribution < -0.4 is 11.1 Å². The first-order valence-electron chi connectivity index (χ1n) is 5.06. The number of nitrogens with one attached hydrogen (secondary N) is 1. The molecule has 1 aromatic carbocycles. The van der Waals surface area contributed by atoms with Crippen LogP contribution in [0.5, 0.6) is 0 Å². The number of halogens is 1. The molecule has 0 bridgehead atoms. The van der Waals surface area contributed by atoms with Gasteiger partial charge in [-0.2, -0.15) is 0 Å². The Bertz CT molecular complexity index is 434. The normalized spacial score (nSPS) is 13.2. The van der Waals surface area contributed by atoms with Gasteiger partial charge in [-0.05, 0) is 12.1 Å². The molecule has 17 heavy (non-hydrogen) atoms. The Labute approximate surface area is 104 Å². The van der Waals surface area contributed by atoms with E-state index in [1.54, 1.807) is 31.2 Å². The molecule has 0 heterocycles. The molecule has 0 spiro atoms. The molecule has 0 radical (unpaired) electrons. The van der Waals surface area contributed by atoms with Gasteiger partial charge in [-0.15, -0.1) is 0 Å². The Balaban J connectivity index is 2.60. The number of oxime groups is 1. The van der Waals surface area contributed by atoms with Crippen LogP contribution in [0.25, 0.3) is 0 Å². The van der Waals surface area contributed by atoms with Crippen LogP contribution in [0.3, 0.4) is 0 Å². The van der Waals surface area contributed by atoms with Crippen molar-refractivity contribution in [3.63, 3.8) is 0 Å². The van der Waals surface area contributed by atoms with Crippen molar-refractivity contribution in [2.75, 3.05) is 6.54 Å². The summed E-state index contributed by atoms with van der Waals surface area (Å²) in [5.41, 5.74) is 5.80. The largest absolute Gasteiger partial charge is 0.409 e. The summed E-state index contributed by atoms with van der Waals surface area (Å²) in [5, 5.41) is 14.4. The van der Waals surface area contributed by atoms with E-state index in [2.05, 4.69) is 10.5 Å². The molecule has 1 amide bonds. The summed E-state index contributed by atoms with van der Waals surface area (Å²) in [6, 6.07) is 6.75. The highest BCUT2D eigenvalue weighted by Gasteiger charge is 2.12. The fraction of sp³-hybridized carbons (Fsp3) is 0.273. The summed E-state index contributed by atoms with van der Waals surface area (Å²) in [7, 11) is 0. The maximum absolute atomic E-state index is 11.7. The van der Waals surface area contributed by atoms with Gasteiger partial charge < -0.3 is 16.3 Å². The molecule has 0 aliphatic carbocycles. The first kappa shape index (κ1) is 13.3. The second kappa shape index (κ2) is 6.10. The third kappa shape index (κ3) is 3.64. The number of benzene rings is 1. The number of nitrogens with two attached hydrogens (primary N) is 1. The number of carbonyl (C=O) groups is 1. The van der Waals surface area contributed by atoms with Crippen LogP contribution >= 0.6 is 11.6 Å². The average molecular weight is 256 g/mol. The fourth-order valence-corrected chi connectivity index (χ4v) is 1.41. The van der Waals surface area contributed by atoms with Gasteiger partial charge in [0.1, 0.15) is 5.84 Å². The lowest BCUT2D eigenvalue weighted by Crippen LogP contribution is -2.34. The van der Waals surface area contributed by atoms with Gasteiger partial charge in [-0.1, -0.05) is 35.8 Å². The Hall–Kier alpha value is -1.75. The number of hydrogen-bond acceptors (Lipinski definition) is 3. The Morgan fingerprint density at radius 1 is 1.59 bits per heavy atom. The van der Waals surface area contributed by atoms with Gasteiger partial charge in [-0.25, -0.2) is 0 Å². The lowest BCUT2D eigenvalue weighted by molar-refractivity contribution is 0.0951. The van der Waals surface area contributed by atoms with Gasteiger partial charge in [0.15, 0.2) is 0 Å². The topological polar surface area (TPSA) is 87.7 Å². The predicted octanol–water partition coefficient (Wildman–Crippen LogP) is 1.45. The van der Waals surface area contributed by atoms with Crippen LogP contribution in [0.2, 0.25) is 5.02 Å². The number of amidine groups is 1. The minimum absolute atomic E-state index is 0.0736. The maximum Gasteiger partial charge on any atom is 0.252 e. The molecule has 92 valence electrons. The van der Waals surface area contributed by atoms with Crippen LogP contribution in [0.15, 0.2) is 29.4 Å². The van der Waals surface area contributed by atoms with Gasteiger partial charge in [0.25, 0.3) is 5.91 Å². The monoisotopic (exact) mass is 255 g/mol. The smallest absolute Gasteiger partial charge is 0.252 e. The first-order chi connectivity index (χ1) is 8.06. The lowest BCUT2D eigenvalue weighted by atomic mass is 10.1. The van der Waals surface area contributed by atoms with Crippen LogP contribution in [-0.4, -0.2) is 23.5 Å². The summed E-state index contributed by atoms with van der Waals surface area (Å²) in [4.78, 5) is 11.7. The fourth-order valence-electron chi connectivity index (χ4n) is 1.19. The Morgan fingerprint density at radius 2 is 2.24 bits per heavy atom. The van der Waals surface area contributed by atoms with Crippen LogP contribution in [-0.2, 0) is 0 Å². The third-order valence-corrected chi connectivity index (χ3v) is 2.64. The molecular formula is C11H14ClN3O2. The molecule has 0 fully saturated rings. The molecule has 1 unspecified atom stereocenters. The molecule has 0 aliphatic heterocycles. The number of hydrogen-bond donors (Lipinski definition) is 3. The molecule has 1 rings (SSSR count). The van der Waals surface area contributed by atoms with Crippen molar-refractivity contribution >= 4 is 23.3 Å². The SMILES string of the molecule is CC(CNC(=O)c1ccccc1Cl)C(N)=NO. The summed E-state index contributed by atoms with van der Waals surface area (Å²) >= 11 is 5.87. The molecule has 0 aromatic heterocycles. The zero-order valence-electron chi connectivity index (χ0n) is 9.35. The number of rotatable bonds is 4. The Morgan fingerprint density at radius 3 is 2.82 bits per heavy atom. The van der Waals surface area contributed by atoms with E-state index in [4.69, 9.17) is 22.5 Å². The van der Waals surface area contributed by atoms with E-state index < -0.39 is 0 Å². The summed E-state index contributed by atoms with van der Waals surface area (Å²) in [5.74, 6) is -0.455. The number of amides is 1. The van der Waals surface area contributed by atoms with Crippen LogP contribution in [0, 0.1) is 5.92 Å². The molecule has 1 aromatic rings. The van der Waals surface area contributed by atoms with E-state index in [1.807, 2.05) is 0 Å². The molecule has 0 saturated carbocycles. The molecule has 0 saturated heterocycles. The van der Waals surface area contributed by atoms with Crippen molar-refractivity contribution in [1.29, 1.82) is 0 Å². The molecule has 4 N–H and O–H groups in total. The van der Waals surface area contributed by atoms with E-state index in [9.17, 15) is 4.79 Å². The van der Waals surface area contributed by atoms with Crippen molar-refractivity contribution in [2.24, 2.45) is 16.8 Å². The van der Waals surface area contributed by atoms with E-state index >= 15 is 0 Å². The average Bonchev–Trinajstić information content (AvgIpc) is 2.35. The summed E-state index contributed by atoms with van der Waals surface area (Å²) in [6.45, 7) is 2.02. The van der Waals surface area contributed by atoms with Crippen molar-refractivity contribution in [1.82, 2.24) is 5.32 Å². The zero-order valence-corrected chi connectivity index (χ0v) is 10.1. The highest BCUT2D eigenvalue weighted by Crippen LogP contribution is 2.14. The minimum atomic E-state index is -0.284. The van der Waals surface area contributed by atoms with Gasteiger partial charge in [0.05, 0.1) is 10.6 Å². The van der Waals surface area contributed by atoms with Crippen LogP contribution in [0.1, 0.15) is 17.3 Å². The lowest BCUT2D eigenvalue weighted by Gasteiger charge is -2.11. The van der Waals surface area contributed by atoms with E-state index in [1.165, 1.54) is 0 Å². The van der Waals surface area contributed by atoms with E-state index in [0.29, 0.717) is 10.6 Å². The summed E-state index contributed by atoms with van der Waals surface area (Å²) in [6.07, 6.45) is 0. The third-order valence-electron chi connectivity index (χ3n) is 2.31. The zero-order chi connectivity index (χ0) is 12.8. The van der Waals surface area contributed by atoms with Gasteiger partial charge >= 0.3 is 0 Å². The molecule has 1 atom stereocenters. The molecule has 5 nitrogen and oxygen atoms in total. The molecular weight excluding hydrogens is 242 g/mol. The van der Waals surface area contributed by atoms with Crippen molar-refractivity contribution in [3.8, 4) is 0 Å². The molecule has 0 aliphatic rings. The minimum Gasteiger partial charge on any atom is -0.409 e. The standard InChI is InChI=1S/C11H14ClN3O2/c1-7(10(13)15-17)6-14-11(16)8-4-2-3-5-9(8)12/h2-5,7,17H,6H2,1H3,(H2,13,15)(H,14,16). The second-order valence-electron chi connectivity index (χ2n) is 3.62. The first-order valence-corrected chi connectivity index (χ1v) is 5.44. The second-order valence-corrected chi connectivity index (χ2v) is 4.02. The highest BCUT2D eigenvalue weighted by atomic mass is 35.5. The summed E-state index contributed by atoms with van der Waals surface area (Å²) < 4.78 is 0. The number of carbonyl (C=O) groups excluding carboxylic acids is 1. The van der Waals surface area contributed by atoms with E-state index in [0.717, 1.165) is 0 Å². The highest BCUT2D eigenvalue weighted by molar-refractivity contribution is 6.33. The van der Waals surface area contributed by atoms with Gasteiger partial charge in [0, 0.05) is 12.5 Å². The Kier molecular flexibility index (Phi) is 4.78. The predicted molar refractivity (Wildman–Crippen MR) is 66.4 cm³/mol. The van der Waals surface area contributed by atoms with Gasteiger partial charge in [-0.3, -0.25) is 4.79 Å². The van der Waals surface area contributed by atoms with Crippen molar-refractivity contribution < 1.29 is 10.0 Å².